The van der Waals surface area contributed by atoms with Crippen LogP contribution in [0.4, 0.5) is 14.5 Å². The van der Waals surface area contributed by atoms with Gasteiger partial charge in [0.1, 0.15) is 11.6 Å². The first-order valence-electron chi connectivity index (χ1n) is 9.55. The second-order valence-electron chi connectivity index (χ2n) is 7.50. The monoisotopic (exact) mass is 378 g/mol. The molecule has 0 aromatic heterocycles. The summed E-state index contributed by atoms with van der Waals surface area (Å²) in [4.78, 5) is 27.7. The second-order valence-corrected chi connectivity index (χ2v) is 7.50. The van der Waals surface area contributed by atoms with Crippen LogP contribution in [0.1, 0.15) is 30.7 Å². The molecule has 0 radical (unpaired) electrons. The maximum Gasteiger partial charge on any atom is 0.234 e. The maximum absolute atomic E-state index is 14.7. The summed E-state index contributed by atoms with van der Waals surface area (Å²) in [7, 11) is 0. The third-order valence-corrected chi connectivity index (χ3v) is 5.85. The molecule has 0 aliphatic carbocycles. The molecule has 2 amide bonds. The van der Waals surface area contributed by atoms with Gasteiger partial charge in [-0.05, 0) is 25.0 Å². The Balaban J connectivity index is 1.50. The van der Waals surface area contributed by atoms with Crippen molar-refractivity contribution in [2.75, 3.05) is 44.2 Å². The Morgan fingerprint density at radius 1 is 1.00 bits per heavy atom. The van der Waals surface area contributed by atoms with Crippen molar-refractivity contribution in [1.29, 1.82) is 0 Å². The van der Waals surface area contributed by atoms with E-state index >= 15 is 0 Å². The Morgan fingerprint density at radius 3 is 2.37 bits per heavy atom. The van der Waals surface area contributed by atoms with Gasteiger partial charge in [-0.15, -0.1) is 0 Å². The van der Waals surface area contributed by atoms with Crippen molar-refractivity contribution in [1.82, 2.24) is 15.5 Å². The zero-order chi connectivity index (χ0) is 19.0. The Labute approximate surface area is 156 Å². The van der Waals surface area contributed by atoms with Gasteiger partial charge in [-0.25, -0.2) is 8.78 Å². The van der Waals surface area contributed by atoms with Crippen LogP contribution in [-0.4, -0.2) is 62.0 Å². The predicted molar refractivity (Wildman–Crippen MR) is 96.5 cm³/mol. The number of rotatable bonds is 3. The second kappa shape index (κ2) is 7.52. The van der Waals surface area contributed by atoms with Crippen LogP contribution in [0.2, 0.25) is 0 Å². The number of halogens is 2. The average molecular weight is 378 g/mol. The van der Waals surface area contributed by atoms with E-state index < -0.39 is 29.4 Å². The van der Waals surface area contributed by atoms with Gasteiger partial charge in [0, 0.05) is 63.0 Å². The fraction of sp³-hybridized carbons (Fsp3) is 0.579. The first-order valence-corrected chi connectivity index (χ1v) is 9.55. The summed E-state index contributed by atoms with van der Waals surface area (Å²) < 4.78 is 29.4. The molecule has 3 aliphatic rings. The number of nitrogens with one attached hydrogen (secondary N) is 2. The molecular formula is C19H24F2N4O2. The lowest BCUT2D eigenvalue weighted by molar-refractivity contribution is -0.134. The molecule has 1 aromatic carbocycles. The zero-order valence-corrected chi connectivity index (χ0v) is 15.1. The Bertz CT molecular complexity index is 728. The molecule has 3 saturated heterocycles. The van der Waals surface area contributed by atoms with Crippen molar-refractivity contribution in [2.24, 2.45) is 0 Å². The molecule has 1 unspecified atom stereocenters. The van der Waals surface area contributed by atoms with E-state index in [1.54, 1.807) is 0 Å². The van der Waals surface area contributed by atoms with E-state index in [4.69, 9.17) is 0 Å². The Kier molecular flexibility index (Phi) is 5.10. The Hall–Kier alpha value is -2.06. The average Bonchev–Trinajstić information content (AvgIpc) is 3.14. The van der Waals surface area contributed by atoms with Crippen molar-refractivity contribution in [3.05, 3.63) is 29.3 Å². The lowest BCUT2D eigenvalue weighted by Gasteiger charge is -2.32. The summed E-state index contributed by atoms with van der Waals surface area (Å²) in [6.45, 7) is 5.44. The summed E-state index contributed by atoms with van der Waals surface area (Å²) in [6, 6.07) is 3.04. The fourth-order valence-corrected chi connectivity index (χ4v) is 4.38. The molecule has 146 valence electrons. The highest BCUT2D eigenvalue weighted by Gasteiger charge is 2.34. The molecule has 0 bridgehead atoms. The third kappa shape index (κ3) is 3.68. The maximum atomic E-state index is 14.7. The zero-order valence-electron chi connectivity index (χ0n) is 15.1. The van der Waals surface area contributed by atoms with Crippen LogP contribution < -0.4 is 15.5 Å². The predicted octanol–water partition coefficient (Wildman–Crippen LogP) is 0.969. The molecule has 4 rings (SSSR count). The smallest absolute Gasteiger partial charge is 0.234 e. The Morgan fingerprint density at radius 2 is 1.70 bits per heavy atom. The normalized spacial score (nSPS) is 27.1. The van der Waals surface area contributed by atoms with Crippen LogP contribution in [0.25, 0.3) is 0 Å². The highest BCUT2D eigenvalue weighted by atomic mass is 19.1. The number of carbonyl (C=O) groups is 2. The van der Waals surface area contributed by atoms with Gasteiger partial charge in [-0.3, -0.25) is 19.8 Å². The van der Waals surface area contributed by atoms with Crippen molar-refractivity contribution in [3.8, 4) is 0 Å². The minimum Gasteiger partial charge on any atom is -0.370 e. The van der Waals surface area contributed by atoms with E-state index in [2.05, 4.69) is 15.5 Å². The molecule has 0 saturated carbocycles. The quantitative estimate of drug-likeness (QED) is 0.768. The molecule has 2 N–H and O–H groups in total. The first kappa shape index (κ1) is 18.3. The molecule has 3 fully saturated rings. The van der Waals surface area contributed by atoms with E-state index in [9.17, 15) is 18.4 Å². The van der Waals surface area contributed by atoms with Crippen LogP contribution in [-0.2, 0) is 9.59 Å². The number of piperazine rings is 1. The largest absolute Gasteiger partial charge is 0.370 e. The standard InChI is InChI=1S/C19H24F2N4O2/c20-15-9-13(25-6-3-12(11-25)24-7-4-22-5-8-24)10-16(21)18(15)14-1-2-17(26)23-19(14)27/h9-10,12,14,22H,1-8,11H2,(H,23,26,27)/t12-,14?/m0/s1. The first-order chi connectivity index (χ1) is 13.0. The van der Waals surface area contributed by atoms with Gasteiger partial charge in [-0.1, -0.05) is 0 Å². The van der Waals surface area contributed by atoms with Gasteiger partial charge in [0.2, 0.25) is 11.8 Å². The van der Waals surface area contributed by atoms with E-state index in [0.29, 0.717) is 11.7 Å². The molecule has 3 heterocycles. The number of nitrogens with zero attached hydrogens (tertiary/aromatic N) is 2. The van der Waals surface area contributed by atoms with Gasteiger partial charge in [-0.2, -0.15) is 0 Å². The summed E-state index contributed by atoms with van der Waals surface area (Å²) >= 11 is 0. The number of anilines is 1. The van der Waals surface area contributed by atoms with Crippen LogP contribution in [0.5, 0.6) is 0 Å². The van der Waals surface area contributed by atoms with Gasteiger partial charge in [0.25, 0.3) is 0 Å². The van der Waals surface area contributed by atoms with Crippen LogP contribution in [0, 0.1) is 11.6 Å². The number of hydrogen-bond donors (Lipinski definition) is 2. The van der Waals surface area contributed by atoms with Crippen LogP contribution in [0.3, 0.4) is 0 Å². The molecule has 3 aliphatic heterocycles. The van der Waals surface area contributed by atoms with Gasteiger partial charge in [0.15, 0.2) is 0 Å². The number of benzene rings is 1. The van der Waals surface area contributed by atoms with Crippen molar-refractivity contribution >= 4 is 17.5 Å². The number of hydrogen-bond acceptors (Lipinski definition) is 5. The molecule has 2 atom stereocenters. The van der Waals surface area contributed by atoms with Crippen molar-refractivity contribution < 1.29 is 18.4 Å². The van der Waals surface area contributed by atoms with Gasteiger partial charge in [0.05, 0.1) is 5.92 Å². The SMILES string of the molecule is O=C1CCC(c2c(F)cc(N3CC[C@H](N4CCNCC4)C3)cc2F)C(=O)N1. The number of carbonyl (C=O) groups excluding carboxylic acids is 2. The van der Waals surface area contributed by atoms with E-state index in [-0.39, 0.29) is 18.4 Å². The van der Waals surface area contributed by atoms with E-state index in [0.717, 1.165) is 45.7 Å². The van der Waals surface area contributed by atoms with Crippen LogP contribution in [0.15, 0.2) is 12.1 Å². The number of imide groups is 1. The molecule has 6 nitrogen and oxygen atoms in total. The summed E-state index contributed by atoms with van der Waals surface area (Å²) in [5, 5.41) is 5.49. The molecule has 27 heavy (non-hydrogen) atoms. The van der Waals surface area contributed by atoms with E-state index in [1.165, 1.54) is 12.1 Å². The lowest BCUT2D eigenvalue weighted by Crippen LogP contribution is -2.49. The lowest BCUT2D eigenvalue weighted by atomic mass is 9.89. The van der Waals surface area contributed by atoms with Gasteiger partial charge < -0.3 is 10.2 Å². The molecule has 8 heteroatoms. The van der Waals surface area contributed by atoms with E-state index in [1.807, 2.05) is 4.90 Å². The summed E-state index contributed by atoms with van der Waals surface area (Å²) in [5.74, 6) is -3.42. The minimum atomic E-state index is -0.955. The van der Waals surface area contributed by atoms with Crippen molar-refractivity contribution in [3.63, 3.8) is 0 Å². The summed E-state index contributed by atoms with van der Waals surface area (Å²) in [6.07, 6.45) is 1.19. The van der Waals surface area contributed by atoms with Gasteiger partial charge >= 0.3 is 0 Å². The van der Waals surface area contributed by atoms with Crippen molar-refractivity contribution in [2.45, 2.75) is 31.2 Å². The number of amides is 2. The topological polar surface area (TPSA) is 64.7 Å². The molecule has 1 aromatic rings. The highest BCUT2D eigenvalue weighted by molar-refractivity contribution is 6.01. The molecule has 0 spiro atoms. The summed E-state index contributed by atoms with van der Waals surface area (Å²) in [5.41, 5.74) is 0.278. The minimum absolute atomic E-state index is 0.0928. The number of piperidine rings is 1. The third-order valence-electron chi connectivity index (χ3n) is 5.85. The fourth-order valence-electron chi connectivity index (χ4n) is 4.38. The van der Waals surface area contributed by atoms with Crippen LogP contribution >= 0.6 is 0 Å². The molecular weight excluding hydrogens is 354 g/mol. The highest BCUT2D eigenvalue weighted by Crippen LogP contribution is 2.33.